The Morgan fingerprint density at radius 2 is 1.40 bits per heavy atom. The lowest BCUT2D eigenvalue weighted by atomic mass is 10.0. The van der Waals surface area contributed by atoms with E-state index in [0.717, 1.165) is 6.54 Å². The van der Waals surface area contributed by atoms with Crippen LogP contribution in [0, 0.1) is 0 Å². The third-order valence-corrected chi connectivity index (χ3v) is 3.61. The van der Waals surface area contributed by atoms with Gasteiger partial charge in [-0.15, -0.1) is 0 Å². The molecule has 25 heavy (non-hydrogen) atoms. The molecule has 0 spiro atoms. The van der Waals surface area contributed by atoms with Gasteiger partial charge in [-0.2, -0.15) is 0 Å². The fourth-order valence-electron chi connectivity index (χ4n) is 2.70. The molecule has 6 heteroatoms. The normalized spacial score (nSPS) is 10.9. The van der Waals surface area contributed by atoms with Crippen LogP contribution in [0.4, 0.5) is 0 Å². The summed E-state index contributed by atoms with van der Waals surface area (Å²) >= 11 is 0. The summed E-state index contributed by atoms with van der Waals surface area (Å²) in [7, 11) is -1.80. The molecule has 5 nitrogen and oxygen atoms in total. The predicted octanol–water partition coefficient (Wildman–Crippen LogP) is 2.83. The van der Waals surface area contributed by atoms with E-state index in [1.807, 2.05) is 0 Å². The molecule has 0 radical (unpaired) electrons. The minimum absolute atomic E-state index is 0.604. The zero-order valence-corrected chi connectivity index (χ0v) is 15.4. The molecule has 0 unspecified atom stereocenters. The van der Waals surface area contributed by atoms with Gasteiger partial charge < -0.3 is 4.55 Å². The largest absolute Gasteiger partial charge is 0.748 e. The number of benzene rings is 2. The fraction of sp³-hybridized carbons (Fsp3) is 0.211. The van der Waals surface area contributed by atoms with Crippen molar-refractivity contribution < 1.29 is 17.5 Å². The highest BCUT2D eigenvalue weighted by Crippen LogP contribution is 2.29. The summed E-state index contributed by atoms with van der Waals surface area (Å²) in [5, 5.41) is 0. The van der Waals surface area contributed by atoms with Gasteiger partial charge in [-0.1, -0.05) is 60.7 Å². The van der Waals surface area contributed by atoms with Gasteiger partial charge in [0, 0.05) is 17.4 Å². The average Bonchev–Trinajstić information content (AvgIpc) is 2.91. The third kappa shape index (κ3) is 5.27. The standard InChI is InChI=1S/C18H19N2.CH4O3S/c1-3-20-14-19(2)17(15-10-6-4-7-11-15)18(20)16-12-8-5-9-13-16;1-5(2,3)4/h4-14H,3H2,1-2H3;1H3,(H,2,3,4)/q+1;/p-1. The summed E-state index contributed by atoms with van der Waals surface area (Å²) in [5.41, 5.74) is 5.05. The molecule has 3 rings (SSSR count). The van der Waals surface area contributed by atoms with Crippen LogP contribution in [0.5, 0.6) is 0 Å². The summed E-state index contributed by atoms with van der Waals surface area (Å²) in [4.78, 5) is 0. The van der Waals surface area contributed by atoms with Gasteiger partial charge in [0.05, 0.1) is 23.7 Å². The van der Waals surface area contributed by atoms with Gasteiger partial charge >= 0.3 is 0 Å². The zero-order valence-electron chi connectivity index (χ0n) is 14.6. The van der Waals surface area contributed by atoms with Crippen molar-refractivity contribution in [2.75, 3.05) is 6.26 Å². The maximum atomic E-state index is 9.08. The molecule has 0 aliphatic carbocycles. The van der Waals surface area contributed by atoms with Crippen LogP contribution in [0.15, 0.2) is 67.0 Å². The number of aromatic nitrogens is 2. The number of hydrogen-bond donors (Lipinski definition) is 0. The van der Waals surface area contributed by atoms with E-state index in [9.17, 15) is 0 Å². The number of nitrogens with zero attached hydrogens (tertiary/aromatic N) is 2. The lowest BCUT2D eigenvalue weighted by Gasteiger charge is -2.03. The van der Waals surface area contributed by atoms with Crippen molar-refractivity contribution in [3.05, 3.63) is 67.0 Å². The summed E-state index contributed by atoms with van der Waals surface area (Å²) < 4.78 is 31.7. The van der Waals surface area contributed by atoms with Crippen molar-refractivity contribution in [2.24, 2.45) is 7.05 Å². The molecule has 0 aliphatic rings. The van der Waals surface area contributed by atoms with Gasteiger partial charge in [0.2, 0.25) is 6.33 Å². The van der Waals surface area contributed by atoms with Crippen molar-refractivity contribution in [1.82, 2.24) is 4.57 Å². The molecule has 0 fully saturated rings. The van der Waals surface area contributed by atoms with Crippen LogP contribution in [-0.2, 0) is 23.7 Å². The Labute approximate surface area is 148 Å². The Morgan fingerprint density at radius 1 is 0.960 bits per heavy atom. The Hall–Kier alpha value is -2.44. The van der Waals surface area contributed by atoms with Crippen molar-refractivity contribution in [2.45, 2.75) is 13.5 Å². The number of hydrogen-bond acceptors (Lipinski definition) is 3. The van der Waals surface area contributed by atoms with Crippen molar-refractivity contribution in [3.8, 4) is 22.5 Å². The first-order valence-electron chi connectivity index (χ1n) is 7.91. The molecule has 1 aromatic heterocycles. The summed E-state index contributed by atoms with van der Waals surface area (Å²) in [6.45, 7) is 3.14. The Balaban J connectivity index is 0.000000399. The summed E-state index contributed by atoms with van der Waals surface area (Å²) in [6.07, 6.45) is 2.78. The topological polar surface area (TPSA) is 66.0 Å². The Kier molecular flexibility index (Phi) is 6.12. The molecule has 132 valence electrons. The highest BCUT2D eigenvalue weighted by molar-refractivity contribution is 7.84. The van der Waals surface area contributed by atoms with Crippen molar-refractivity contribution in [3.63, 3.8) is 0 Å². The lowest BCUT2D eigenvalue weighted by molar-refractivity contribution is -0.660. The van der Waals surface area contributed by atoms with Crippen LogP contribution >= 0.6 is 0 Å². The second kappa shape index (κ2) is 8.09. The number of rotatable bonds is 3. The van der Waals surface area contributed by atoms with Gasteiger partial charge in [0.15, 0.2) is 11.4 Å². The monoisotopic (exact) mass is 358 g/mol. The molecule has 1 heterocycles. The van der Waals surface area contributed by atoms with Crippen molar-refractivity contribution >= 4 is 10.1 Å². The second-order valence-corrected chi connectivity index (χ2v) is 7.05. The van der Waals surface area contributed by atoms with Gasteiger partial charge in [0.25, 0.3) is 0 Å². The van der Waals surface area contributed by atoms with E-state index in [0.29, 0.717) is 6.26 Å². The van der Waals surface area contributed by atoms with E-state index in [-0.39, 0.29) is 0 Å². The van der Waals surface area contributed by atoms with Gasteiger partial charge in [-0.3, -0.25) is 0 Å². The molecule has 0 saturated heterocycles. The van der Waals surface area contributed by atoms with E-state index in [4.69, 9.17) is 13.0 Å². The van der Waals surface area contributed by atoms with Crippen LogP contribution in [-0.4, -0.2) is 23.8 Å². The third-order valence-electron chi connectivity index (χ3n) is 3.61. The van der Waals surface area contributed by atoms with Crippen LogP contribution in [0.2, 0.25) is 0 Å². The fourth-order valence-corrected chi connectivity index (χ4v) is 2.70. The second-order valence-electron chi connectivity index (χ2n) is 5.65. The van der Waals surface area contributed by atoms with E-state index < -0.39 is 10.1 Å². The first kappa shape index (κ1) is 18.9. The molecule has 0 bridgehead atoms. The number of aryl methyl sites for hydroxylation is 2. The summed E-state index contributed by atoms with van der Waals surface area (Å²) in [6, 6.07) is 21.2. The first-order valence-corrected chi connectivity index (χ1v) is 9.73. The SMILES string of the molecule is CCn1c[n+](C)c(-c2ccccc2)c1-c1ccccc1.CS(=O)(=O)[O-]. The highest BCUT2D eigenvalue weighted by atomic mass is 32.2. The highest BCUT2D eigenvalue weighted by Gasteiger charge is 2.23. The molecule has 0 atom stereocenters. The van der Waals surface area contributed by atoms with Crippen LogP contribution in [0.1, 0.15) is 6.92 Å². The van der Waals surface area contributed by atoms with Gasteiger partial charge in [-0.25, -0.2) is 17.6 Å². The van der Waals surface area contributed by atoms with E-state index >= 15 is 0 Å². The maximum Gasteiger partial charge on any atom is 0.244 e. The minimum Gasteiger partial charge on any atom is -0.748 e. The smallest absolute Gasteiger partial charge is 0.244 e. The van der Waals surface area contributed by atoms with Gasteiger partial charge in [-0.05, 0) is 6.92 Å². The molecular weight excluding hydrogens is 336 g/mol. The van der Waals surface area contributed by atoms with Crippen LogP contribution in [0.25, 0.3) is 22.5 Å². The molecule has 3 aromatic rings. The maximum absolute atomic E-state index is 9.08. The minimum atomic E-state index is -3.92. The number of imidazole rings is 1. The summed E-state index contributed by atoms with van der Waals surface area (Å²) in [5.74, 6) is 0. The van der Waals surface area contributed by atoms with E-state index in [1.165, 1.54) is 22.5 Å². The van der Waals surface area contributed by atoms with Gasteiger partial charge in [0.1, 0.15) is 0 Å². The Morgan fingerprint density at radius 3 is 1.84 bits per heavy atom. The molecule has 2 aromatic carbocycles. The molecule has 0 aliphatic heterocycles. The van der Waals surface area contributed by atoms with Crippen LogP contribution in [0.3, 0.4) is 0 Å². The Bertz CT molecular complexity index is 910. The van der Waals surface area contributed by atoms with Crippen molar-refractivity contribution in [1.29, 1.82) is 0 Å². The quantitative estimate of drug-likeness (QED) is 0.534. The molecule has 0 saturated carbocycles. The van der Waals surface area contributed by atoms with E-state index in [1.54, 1.807) is 0 Å². The average molecular weight is 358 g/mol. The lowest BCUT2D eigenvalue weighted by Crippen LogP contribution is -2.27. The predicted molar refractivity (Wildman–Crippen MR) is 97.8 cm³/mol. The molecular formula is C19H22N2O3S. The molecule has 0 amide bonds. The first-order chi connectivity index (χ1) is 11.8. The van der Waals surface area contributed by atoms with E-state index in [2.05, 4.69) is 90.1 Å². The zero-order chi connectivity index (χ0) is 18.4. The van der Waals surface area contributed by atoms with Crippen LogP contribution < -0.4 is 4.57 Å². The molecule has 0 N–H and O–H groups in total.